The summed E-state index contributed by atoms with van der Waals surface area (Å²) in [7, 11) is 0. The van der Waals surface area contributed by atoms with Gasteiger partial charge in [-0.2, -0.15) is 10.4 Å². The fourth-order valence-corrected chi connectivity index (χ4v) is 3.66. The molecule has 3 aromatic rings. The summed E-state index contributed by atoms with van der Waals surface area (Å²) in [5.74, 6) is -0.0385. The third-order valence-electron chi connectivity index (χ3n) is 4.95. The molecule has 1 saturated carbocycles. The molecule has 2 heterocycles. The van der Waals surface area contributed by atoms with Gasteiger partial charge >= 0.3 is 0 Å². The molecule has 0 spiro atoms. The van der Waals surface area contributed by atoms with E-state index >= 15 is 0 Å². The Kier molecular flexibility index (Phi) is 4.17. The van der Waals surface area contributed by atoms with Crippen LogP contribution in [0.2, 0.25) is 0 Å². The van der Waals surface area contributed by atoms with E-state index in [0.717, 1.165) is 25.7 Å². The molecule has 2 N–H and O–H groups in total. The summed E-state index contributed by atoms with van der Waals surface area (Å²) in [6, 6.07) is 10.0. The molecule has 1 aliphatic carbocycles. The maximum atomic E-state index is 13.1. The highest BCUT2D eigenvalue weighted by Gasteiger charge is 2.29. The second-order valence-corrected chi connectivity index (χ2v) is 6.58. The first kappa shape index (κ1) is 16.3. The number of anilines is 2. The summed E-state index contributed by atoms with van der Waals surface area (Å²) < 4.78 is 14.9. The van der Waals surface area contributed by atoms with Gasteiger partial charge in [-0.25, -0.2) is 4.39 Å². The van der Waals surface area contributed by atoms with Gasteiger partial charge in [0.2, 0.25) is 0 Å². The Balaban J connectivity index is 1.82. The molecule has 0 amide bonds. The molecule has 0 bridgehead atoms. The molecule has 132 valence electrons. The van der Waals surface area contributed by atoms with E-state index in [1.807, 2.05) is 10.7 Å². The van der Waals surface area contributed by atoms with Crippen LogP contribution in [-0.4, -0.2) is 14.8 Å². The lowest BCUT2D eigenvalue weighted by molar-refractivity contribution is 0.277. The standard InChI is InChI=1S/C19H18FN5O/c20-13-5-7-14(8-6-13)23-18-17-16(9-10-22-19(17)26)25(24-18)15-4-2-1-3-12(15)11-21/h5-10,12,15H,1-4H2,(H,22,26)(H,23,24)/t12-,15+/m0/s1. The molecule has 26 heavy (non-hydrogen) atoms. The Morgan fingerprint density at radius 3 is 2.77 bits per heavy atom. The van der Waals surface area contributed by atoms with Crippen molar-refractivity contribution in [1.82, 2.24) is 14.8 Å². The molecule has 0 aliphatic heterocycles. The number of hydrogen-bond donors (Lipinski definition) is 2. The first-order valence-corrected chi connectivity index (χ1v) is 8.69. The van der Waals surface area contributed by atoms with Gasteiger partial charge < -0.3 is 10.3 Å². The predicted octanol–water partition coefficient (Wildman–Crippen LogP) is 3.86. The van der Waals surface area contributed by atoms with Crippen LogP contribution in [0.15, 0.2) is 41.3 Å². The topological polar surface area (TPSA) is 86.5 Å². The SMILES string of the molecule is N#C[C@@H]1CCCC[C@H]1n1nc(Nc2ccc(F)cc2)c2c(=O)[nH]ccc21. The molecule has 0 radical (unpaired) electrons. The highest BCUT2D eigenvalue weighted by Crippen LogP contribution is 2.36. The largest absolute Gasteiger partial charge is 0.338 e. The van der Waals surface area contributed by atoms with Crippen molar-refractivity contribution in [2.45, 2.75) is 31.7 Å². The minimum Gasteiger partial charge on any atom is -0.338 e. The van der Waals surface area contributed by atoms with Crippen LogP contribution in [-0.2, 0) is 0 Å². The van der Waals surface area contributed by atoms with Crippen molar-refractivity contribution in [1.29, 1.82) is 5.26 Å². The van der Waals surface area contributed by atoms with Crippen molar-refractivity contribution in [3.63, 3.8) is 0 Å². The number of H-pyrrole nitrogens is 1. The number of hydrogen-bond acceptors (Lipinski definition) is 4. The van der Waals surface area contributed by atoms with Crippen molar-refractivity contribution in [2.75, 3.05) is 5.32 Å². The minimum absolute atomic E-state index is 0.0539. The summed E-state index contributed by atoms with van der Waals surface area (Å²) in [5, 5.41) is 17.7. The monoisotopic (exact) mass is 351 g/mol. The van der Waals surface area contributed by atoms with Crippen molar-refractivity contribution < 1.29 is 4.39 Å². The first-order chi connectivity index (χ1) is 12.7. The Hall–Kier alpha value is -3.14. The van der Waals surface area contributed by atoms with E-state index in [2.05, 4.69) is 21.5 Å². The van der Waals surface area contributed by atoms with E-state index in [1.54, 1.807) is 18.3 Å². The van der Waals surface area contributed by atoms with Gasteiger partial charge in [0, 0.05) is 11.9 Å². The number of rotatable bonds is 3. The fraction of sp³-hybridized carbons (Fsp3) is 0.316. The molecule has 1 fully saturated rings. The minimum atomic E-state index is -0.331. The highest BCUT2D eigenvalue weighted by atomic mass is 19.1. The molecule has 1 aliphatic rings. The van der Waals surface area contributed by atoms with Crippen LogP contribution in [0.3, 0.4) is 0 Å². The van der Waals surface area contributed by atoms with Gasteiger partial charge in [-0.15, -0.1) is 0 Å². The quantitative estimate of drug-likeness (QED) is 0.750. The molecule has 7 heteroatoms. The zero-order chi connectivity index (χ0) is 18.1. The molecule has 0 unspecified atom stereocenters. The Morgan fingerprint density at radius 1 is 1.23 bits per heavy atom. The number of aromatic amines is 1. The molecule has 6 nitrogen and oxygen atoms in total. The number of nitriles is 1. The Morgan fingerprint density at radius 2 is 2.00 bits per heavy atom. The summed E-state index contributed by atoms with van der Waals surface area (Å²) >= 11 is 0. The van der Waals surface area contributed by atoms with Crippen LogP contribution >= 0.6 is 0 Å². The molecular weight excluding hydrogens is 333 g/mol. The summed E-state index contributed by atoms with van der Waals surface area (Å²) in [6.45, 7) is 0. The van der Waals surface area contributed by atoms with Crippen LogP contribution in [0.1, 0.15) is 31.7 Å². The van der Waals surface area contributed by atoms with E-state index in [-0.39, 0.29) is 23.3 Å². The third-order valence-corrected chi connectivity index (χ3v) is 4.95. The van der Waals surface area contributed by atoms with Gasteiger partial charge in [0.15, 0.2) is 5.82 Å². The number of halogens is 1. The summed E-state index contributed by atoms with van der Waals surface area (Å²) in [6.07, 6.45) is 5.36. The average Bonchev–Trinajstić information content (AvgIpc) is 3.03. The van der Waals surface area contributed by atoms with Gasteiger partial charge in [-0.3, -0.25) is 9.48 Å². The molecule has 1 aromatic carbocycles. The number of nitrogens with one attached hydrogen (secondary N) is 2. The van der Waals surface area contributed by atoms with Crippen LogP contribution in [0, 0.1) is 23.1 Å². The van der Waals surface area contributed by atoms with E-state index in [0.29, 0.717) is 22.4 Å². The van der Waals surface area contributed by atoms with Crippen LogP contribution in [0.4, 0.5) is 15.9 Å². The van der Waals surface area contributed by atoms with E-state index < -0.39 is 0 Å². The Bertz CT molecular complexity index is 1030. The Labute approximate surface area is 149 Å². The lowest BCUT2D eigenvalue weighted by Crippen LogP contribution is -2.23. The van der Waals surface area contributed by atoms with Gasteiger partial charge in [0.05, 0.1) is 23.5 Å². The maximum absolute atomic E-state index is 13.1. The van der Waals surface area contributed by atoms with Gasteiger partial charge in [0.25, 0.3) is 5.56 Å². The van der Waals surface area contributed by atoms with E-state index in [1.165, 1.54) is 12.1 Å². The lowest BCUT2D eigenvalue weighted by atomic mass is 9.85. The second-order valence-electron chi connectivity index (χ2n) is 6.58. The summed E-state index contributed by atoms with van der Waals surface area (Å²) in [5.41, 5.74) is 1.09. The summed E-state index contributed by atoms with van der Waals surface area (Å²) in [4.78, 5) is 15.1. The number of aromatic nitrogens is 3. The predicted molar refractivity (Wildman–Crippen MR) is 96.6 cm³/mol. The molecule has 2 aromatic heterocycles. The van der Waals surface area contributed by atoms with Crippen LogP contribution < -0.4 is 10.9 Å². The average molecular weight is 351 g/mol. The van der Waals surface area contributed by atoms with Crippen molar-refractivity contribution in [3.8, 4) is 6.07 Å². The third kappa shape index (κ3) is 2.84. The van der Waals surface area contributed by atoms with Gasteiger partial charge in [-0.1, -0.05) is 12.8 Å². The lowest BCUT2D eigenvalue weighted by Gasteiger charge is -2.27. The zero-order valence-corrected chi connectivity index (χ0v) is 14.1. The normalized spacial score (nSPS) is 20.0. The van der Waals surface area contributed by atoms with Gasteiger partial charge in [0.1, 0.15) is 11.2 Å². The molecule has 0 saturated heterocycles. The zero-order valence-electron chi connectivity index (χ0n) is 14.1. The molecule has 4 rings (SSSR count). The van der Waals surface area contributed by atoms with Crippen molar-refractivity contribution in [2.24, 2.45) is 5.92 Å². The molecular formula is C19H18FN5O. The first-order valence-electron chi connectivity index (χ1n) is 8.69. The maximum Gasteiger partial charge on any atom is 0.261 e. The van der Waals surface area contributed by atoms with E-state index in [4.69, 9.17) is 0 Å². The van der Waals surface area contributed by atoms with Crippen LogP contribution in [0.25, 0.3) is 10.9 Å². The number of pyridine rings is 1. The highest BCUT2D eigenvalue weighted by molar-refractivity contribution is 5.91. The van der Waals surface area contributed by atoms with Crippen molar-refractivity contribution >= 4 is 22.4 Å². The smallest absolute Gasteiger partial charge is 0.261 e. The van der Waals surface area contributed by atoms with Gasteiger partial charge in [-0.05, 0) is 43.2 Å². The number of benzene rings is 1. The number of nitrogens with zero attached hydrogens (tertiary/aromatic N) is 3. The van der Waals surface area contributed by atoms with Crippen LogP contribution in [0.5, 0.6) is 0 Å². The second kappa shape index (κ2) is 6.64. The number of fused-ring (bicyclic) bond motifs is 1. The fourth-order valence-electron chi connectivity index (χ4n) is 3.66. The molecule has 2 atom stereocenters. The van der Waals surface area contributed by atoms with E-state index in [9.17, 15) is 14.4 Å². The van der Waals surface area contributed by atoms with Crippen molar-refractivity contribution in [3.05, 3.63) is 52.7 Å².